The SMILES string of the molecule is CCCCc1ccc(C(C)NC(C)C(=O)NC(C)C)cc1. The molecule has 0 saturated carbocycles. The number of carbonyl (C=O) groups is 1. The number of nitrogens with one attached hydrogen (secondary N) is 2. The van der Waals surface area contributed by atoms with Gasteiger partial charge in [-0.3, -0.25) is 10.1 Å². The third-order valence-electron chi connectivity index (χ3n) is 3.62. The summed E-state index contributed by atoms with van der Waals surface area (Å²) in [6.45, 7) is 10.2. The van der Waals surface area contributed by atoms with Crippen molar-refractivity contribution in [2.75, 3.05) is 0 Å². The maximum absolute atomic E-state index is 11.9. The van der Waals surface area contributed by atoms with Crippen LogP contribution in [0, 0.1) is 0 Å². The lowest BCUT2D eigenvalue weighted by molar-refractivity contribution is -0.123. The molecule has 0 spiro atoms. The van der Waals surface area contributed by atoms with Crippen LogP contribution in [-0.4, -0.2) is 18.0 Å². The molecule has 3 heteroatoms. The number of amides is 1. The largest absolute Gasteiger partial charge is 0.353 e. The lowest BCUT2D eigenvalue weighted by Crippen LogP contribution is -2.45. The first kappa shape index (κ1) is 17.7. The highest BCUT2D eigenvalue weighted by atomic mass is 16.2. The maximum atomic E-state index is 11.9. The molecule has 1 amide bonds. The molecule has 0 aliphatic carbocycles. The summed E-state index contributed by atoms with van der Waals surface area (Å²) in [5.41, 5.74) is 2.61. The highest BCUT2D eigenvalue weighted by Crippen LogP contribution is 2.15. The molecule has 2 atom stereocenters. The van der Waals surface area contributed by atoms with Gasteiger partial charge in [-0.05, 0) is 51.7 Å². The molecule has 2 N–H and O–H groups in total. The van der Waals surface area contributed by atoms with Crippen LogP contribution in [0.3, 0.4) is 0 Å². The second-order valence-electron chi connectivity index (χ2n) is 6.12. The first-order valence-electron chi connectivity index (χ1n) is 8.09. The quantitative estimate of drug-likeness (QED) is 0.768. The Bertz CT molecular complexity index is 425. The normalized spacial score (nSPS) is 14.0. The van der Waals surface area contributed by atoms with Gasteiger partial charge in [-0.25, -0.2) is 0 Å². The van der Waals surface area contributed by atoms with E-state index in [1.54, 1.807) is 0 Å². The van der Waals surface area contributed by atoms with Crippen molar-refractivity contribution in [1.29, 1.82) is 0 Å². The van der Waals surface area contributed by atoms with Crippen molar-refractivity contribution in [2.24, 2.45) is 0 Å². The van der Waals surface area contributed by atoms with Crippen molar-refractivity contribution in [3.63, 3.8) is 0 Å². The first-order valence-corrected chi connectivity index (χ1v) is 8.09. The minimum atomic E-state index is -0.192. The lowest BCUT2D eigenvalue weighted by atomic mass is 10.0. The number of benzene rings is 1. The average molecular weight is 290 g/mol. The fraction of sp³-hybridized carbons (Fsp3) is 0.611. The monoisotopic (exact) mass is 290 g/mol. The van der Waals surface area contributed by atoms with Gasteiger partial charge in [0, 0.05) is 12.1 Å². The predicted molar refractivity (Wildman–Crippen MR) is 89.3 cm³/mol. The van der Waals surface area contributed by atoms with Crippen LogP contribution in [0.5, 0.6) is 0 Å². The second-order valence-corrected chi connectivity index (χ2v) is 6.12. The van der Waals surface area contributed by atoms with Gasteiger partial charge in [-0.2, -0.15) is 0 Å². The molecule has 1 aromatic rings. The van der Waals surface area contributed by atoms with Crippen LogP contribution in [0.2, 0.25) is 0 Å². The second kappa shape index (κ2) is 8.83. The molecule has 118 valence electrons. The zero-order valence-electron chi connectivity index (χ0n) is 14.1. The van der Waals surface area contributed by atoms with E-state index in [1.807, 2.05) is 20.8 Å². The van der Waals surface area contributed by atoms with Crippen LogP contribution in [0.4, 0.5) is 0 Å². The average Bonchev–Trinajstić information content (AvgIpc) is 2.44. The Morgan fingerprint density at radius 3 is 2.24 bits per heavy atom. The molecular weight excluding hydrogens is 260 g/mol. The van der Waals surface area contributed by atoms with Gasteiger partial charge in [0.05, 0.1) is 6.04 Å². The van der Waals surface area contributed by atoms with Crippen LogP contribution < -0.4 is 10.6 Å². The number of hydrogen-bond donors (Lipinski definition) is 2. The van der Waals surface area contributed by atoms with Gasteiger partial charge >= 0.3 is 0 Å². The van der Waals surface area contributed by atoms with E-state index in [9.17, 15) is 4.79 Å². The summed E-state index contributed by atoms with van der Waals surface area (Å²) in [5, 5.41) is 6.28. The minimum Gasteiger partial charge on any atom is -0.353 e. The number of carbonyl (C=O) groups excluding carboxylic acids is 1. The van der Waals surface area contributed by atoms with Gasteiger partial charge in [0.15, 0.2) is 0 Å². The summed E-state index contributed by atoms with van der Waals surface area (Å²) in [6, 6.07) is 8.87. The Morgan fingerprint density at radius 2 is 1.71 bits per heavy atom. The number of aryl methyl sites for hydroxylation is 1. The van der Waals surface area contributed by atoms with Crippen molar-refractivity contribution in [1.82, 2.24) is 10.6 Å². The van der Waals surface area contributed by atoms with Gasteiger partial charge in [0.1, 0.15) is 0 Å². The summed E-state index contributed by atoms with van der Waals surface area (Å²) in [7, 11) is 0. The predicted octanol–water partition coefficient (Wildman–Crippen LogP) is 3.59. The number of hydrogen-bond acceptors (Lipinski definition) is 2. The third-order valence-corrected chi connectivity index (χ3v) is 3.62. The molecule has 0 aliphatic rings. The molecule has 0 aromatic heterocycles. The Hall–Kier alpha value is -1.35. The van der Waals surface area contributed by atoms with E-state index in [2.05, 4.69) is 48.7 Å². The number of unbranched alkanes of at least 4 members (excludes halogenated alkanes) is 1. The van der Waals surface area contributed by atoms with Gasteiger partial charge in [-0.15, -0.1) is 0 Å². The topological polar surface area (TPSA) is 41.1 Å². The van der Waals surface area contributed by atoms with Gasteiger partial charge in [-0.1, -0.05) is 37.6 Å². The summed E-state index contributed by atoms with van der Waals surface area (Å²) in [6.07, 6.45) is 3.60. The van der Waals surface area contributed by atoms with Gasteiger partial charge in [0.2, 0.25) is 5.91 Å². The number of rotatable bonds is 8. The summed E-state index contributed by atoms with van der Waals surface area (Å²) >= 11 is 0. The molecule has 21 heavy (non-hydrogen) atoms. The van der Waals surface area contributed by atoms with E-state index in [0.717, 1.165) is 6.42 Å². The zero-order chi connectivity index (χ0) is 15.8. The molecule has 0 radical (unpaired) electrons. The van der Waals surface area contributed by atoms with Crippen LogP contribution in [0.1, 0.15) is 64.6 Å². The lowest BCUT2D eigenvalue weighted by Gasteiger charge is -2.21. The standard InChI is InChI=1S/C18H30N2O/c1-6-7-8-16-9-11-17(12-10-16)14(4)20-15(5)18(21)19-13(2)3/h9-15,20H,6-8H2,1-5H3,(H,19,21). The van der Waals surface area contributed by atoms with E-state index in [1.165, 1.54) is 24.0 Å². The highest BCUT2D eigenvalue weighted by molar-refractivity contribution is 5.81. The fourth-order valence-corrected chi connectivity index (χ4v) is 2.31. The van der Waals surface area contributed by atoms with E-state index in [0.29, 0.717) is 0 Å². The van der Waals surface area contributed by atoms with Crippen LogP contribution in [0.25, 0.3) is 0 Å². The van der Waals surface area contributed by atoms with Gasteiger partial charge in [0.25, 0.3) is 0 Å². The Morgan fingerprint density at radius 1 is 1.10 bits per heavy atom. The summed E-state index contributed by atoms with van der Waals surface area (Å²) < 4.78 is 0. The molecule has 3 nitrogen and oxygen atoms in total. The third kappa shape index (κ3) is 6.30. The van der Waals surface area contributed by atoms with E-state index < -0.39 is 0 Å². The minimum absolute atomic E-state index is 0.0522. The van der Waals surface area contributed by atoms with Crippen LogP contribution in [-0.2, 0) is 11.2 Å². The van der Waals surface area contributed by atoms with E-state index >= 15 is 0 Å². The zero-order valence-corrected chi connectivity index (χ0v) is 14.1. The van der Waals surface area contributed by atoms with Crippen molar-refractivity contribution >= 4 is 5.91 Å². The van der Waals surface area contributed by atoms with Crippen molar-refractivity contribution < 1.29 is 4.79 Å². The molecule has 0 aliphatic heterocycles. The molecule has 0 heterocycles. The molecule has 0 bridgehead atoms. The summed E-state index contributed by atoms with van der Waals surface area (Å²) in [5.74, 6) is 0.0522. The van der Waals surface area contributed by atoms with Crippen molar-refractivity contribution in [3.05, 3.63) is 35.4 Å². The Kier molecular flexibility index (Phi) is 7.44. The summed E-state index contributed by atoms with van der Waals surface area (Å²) in [4.78, 5) is 11.9. The molecular formula is C18H30N2O. The van der Waals surface area contributed by atoms with E-state index in [-0.39, 0.29) is 24.0 Å². The van der Waals surface area contributed by atoms with Crippen LogP contribution >= 0.6 is 0 Å². The Labute approximate surface area is 129 Å². The van der Waals surface area contributed by atoms with Crippen molar-refractivity contribution in [2.45, 2.75) is 72.0 Å². The van der Waals surface area contributed by atoms with Crippen molar-refractivity contribution in [3.8, 4) is 0 Å². The molecule has 0 fully saturated rings. The Balaban J connectivity index is 2.54. The fourth-order valence-electron chi connectivity index (χ4n) is 2.31. The molecule has 2 unspecified atom stereocenters. The van der Waals surface area contributed by atoms with Gasteiger partial charge < -0.3 is 5.32 Å². The molecule has 1 aromatic carbocycles. The first-order chi connectivity index (χ1) is 9.93. The maximum Gasteiger partial charge on any atom is 0.237 e. The van der Waals surface area contributed by atoms with Crippen LogP contribution in [0.15, 0.2) is 24.3 Å². The highest BCUT2D eigenvalue weighted by Gasteiger charge is 2.16. The molecule has 1 rings (SSSR count). The van der Waals surface area contributed by atoms with E-state index in [4.69, 9.17) is 0 Å². The molecule has 0 saturated heterocycles. The smallest absolute Gasteiger partial charge is 0.237 e.